The van der Waals surface area contributed by atoms with Gasteiger partial charge in [-0.1, -0.05) is 0 Å². The molecule has 0 saturated carbocycles. The number of aliphatic hydroxyl groups excluding tert-OH is 3. The molecule has 7 heteroatoms. The predicted molar refractivity (Wildman–Crippen MR) is 67.2 cm³/mol. The number of aliphatic hydroxyl groups is 3. The first-order valence-electron chi connectivity index (χ1n) is 5.92. The summed E-state index contributed by atoms with van der Waals surface area (Å²) in [5.41, 5.74) is 0.444. The molecule has 0 aliphatic heterocycles. The number of carbonyl (C=O) groups excluding carboxylic acids is 2. The van der Waals surface area contributed by atoms with Gasteiger partial charge in [0.25, 0.3) is 0 Å². The molecular formula is C13H16O7. The summed E-state index contributed by atoms with van der Waals surface area (Å²) in [7, 11) is 0. The van der Waals surface area contributed by atoms with Crippen LogP contribution < -0.4 is 0 Å². The molecule has 1 unspecified atom stereocenters. The fourth-order valence-corrected chi connectivity index (χ4v) is 1.27. The third-order valence-electron chi connectivity index (χ3n) is 2.30. The van der Waals surface area contributed by atoms with E-state index in [9.17, 15) is 9.59 Å². The van der Waals surface area contributed by atoms with E-state index in [0.29, 0.717) is 0 Å². The summed E-state index contributed by atoms with van der Waals surface area (Å²) in [6.07, 6.45) is -1.12. The fraction of sp³-hybridized carbons (Fsp3) is 0.385. The van der Waals surface area contributed by atoms with Crippen LogP contribution in [0.5, 0.6) is 0 Å². The van der Waals surface area contributed by atoms with Crippen LogP contribution in [-0.4, -0.2) is 59.8 Å². The molecule has 1 aromatic carbocycles. The quantitative estimate of drug-likeness (QED) is 0.570. The Balaban J connectivity index is 2.57. The maximum absolute atomic E-state index is 11.6. The van der Waals surface area contributed by atoms with Crippen molar-refractivity contribution in [3.05, 3.63) is 35.4 Å². The number of carbonyl (C=O) groups is 2. The van der Waals surface area contributed by atoms with Gasteiger partial charge in [-0.15, -0.1) is 0 Å². The molecule has 0 amide bonds. The predicted octanol–water partition coefficient (Wildman–Crippen LogP) is -0.654. The van der Waals surface area contributed by atoms with E-state index in [0.717, 1.165) is 0 Å². The van der Waals surface area contributed by atoms with Crippen molar-refractivity contribution in [2.45, 2.75) is 6.10 Å². The summed E-state index contributed by atoms with van der Waals surface area (Å²) in [6.45, 7) is -1.16. The summed E-state index contributed by atoms with van der Waals surface area (Å²) >= 11 is 0. The van der Waals surface area contributed by atoms with Crippen molar-refractivity contribution in [3.8, 4) is 0 Å². The number of benzene rings is 1. The molecule has 20 heavy (non-hydrogen) atoms. The minimum Gasteiger partial charge on any atom is -0.460 e. The summed E-state index contributed by atoms with van der Waals surface area (Å²) < 4.78 is 9.45. The highest BCUT2D eigenvalue weighted by molar-refractivity contribution is 5.93. The van der Waals surface area contributed by atoms with Gasteiger partial charge in [-0.3, -0.25) is 0 Å². The molecule has 0 heterocycles. The van der Waals surface area contributed by atoms with E-state index >= 15 is 0 Å². The van der Waals surface area contributed by atoms with Crippen LogP contribution in [0.3, 0.4) is 0 Å². The Kier molecular flexibility index (Phi) is 6.65. The first-order chi connectivity index (χ1) is 9.58. The topological polar surface area (TPSA) is 113 Å². The van der Waals surface area contributed by atoms with E-state index in [1.165, 1.54) is 24.3 Å². The Morgan fingerprint density at radius 3 is 1.95 bits per heavy atom. The lowest BCUT2D eigenvalue weighted by atomic mass is 10.1. The van der Waals surface area contributed by atoms with Gasteiger partial charge in [0, 0.05) is 0 Å². The second-order valence-corrected chi connectivity index (χ2v) is 3.87. The molecule has 1 rings (SSSR count). The Hall–Kier alpha value is -1.96. The lowest BCUT2D eigenvalue weighted by molar-refractivity contribution is 0.00931. The SMILES string of the molecule is O=C(OCCO)c1ccc(C(=O)OCC(O)CO)cc1. The largest absolute Gasteiger partial charge is 0.460 e. The molecule has 0 aliphatic rings. The zero-order valence-corrected chi connectivity index (χ0v) is 10.7. The zero-order valence-electron chi connectivity index (χ0n) is 10.7. The van der Waals surface area contributed by atoms with Gasteiger partial charge in [-0.2, -0.15) is 0 Å². The maximum atomic E-state index is 11.6. The van der Waals surface area contributed by atoms with Gasteiger partial charge in [-0.25, -0.2) is 9.59 Å². The third kappa shape index (κ3) is 4.96. The Bertz CT molecular complexity index is 441. The van der Waals surface area contributed by atoms with Gasteiger partial charge < -0.3 is 24.8 Å². The van der Waals surface area contributed by atoms with E-state index in [-0.39, 0.29) is 30.9 Å². The van der Waals surface area contributed by atoms with Crippen molar-refractivity contribution in [2.75, 3.05) is 26.4 Å². The summed E-state index contributed by atoms with van der Waals surface area (Å²) in [5, 5.41) is 26.1. The normalized spacial score (nSPS) is 11.8. The molecule has 3 N–H and O–H groups in total. The Labute approximate surface area is 115 Å². The molecule has 7 nitrogen and oxygen atoms in total. The van der Waals surface area contributed by atoms with Crippen LogP contribution in [0.25, 0.3) is 0 Å². The highest BCUT2D eigenvalue weighted by Crippen LogP contribution is 2.07. The fourth-order valence-electron chi connectivity index (χ4n) is 1.27. The molecular weight excluding hydrogens is 268 g/mol. The Morgan fingerprint density at radius 1 is 1.00 bits per heavy atom. The van der Waals surface area contributed by atoms with Crippen LogP contribution in [0.4, 0.5) is 0 Å². The zero-order chi connectivity index (χ0) is 15.0. The van der Waals surface area contributed by atoms with Crippen molar-refractivity contribution in [1.29, 1.82) is 0 Å². The van der Waals surface area contributed by atoms with E-state index in [2.05, 4.69) is 0 Å². The molecule has 0 spiro atoms. The number of esters is 2. The maximum Gasteiger partial charge on any atom is 0.338 e. The number of hydrogen-bond donors (Lipinski definition) is 3. The molecule has 0 fully saturated rings. The van der Waals surface area contributed by atoms with Gasteiger partial charge in [-0.05, 0) is 24.3 Å². The second-order valence-electron chi connectivity index (χ2n) is 3.87. The van der Waals surface area contributed by atoms with Crippen molar-refractivity contribution in [1.82, 2.24) is 0 Å². The number of rotatable bonds is 7. The van der Waals surface area contributed by atoms with Crippen LogP contribution >= 0.6 is 0 Å². The lowest BCUT2D eigenvalue weighted by Crippen LogP contribution is -2.22. The molecule has 0 aliphatic carbocycles. The summed E-state index contributed by atoms with van der Waals surface area (Å²) in [4.78, 5) is 23.0. The monoisotopic (exact) mass is 284 g/mol. The third-order valence-corrected chi connectivity index (χ3v) is 2.30. The van der Waals surface area contributed by atoms with Crippen LogP contribution in [-0.2, 0) is 9.47 Å². The molecule has 0 bridgehead atoms. The van der Waals surface area contributed by atoms with E-state index < -0.39 is 24.6 Å². The minimum absolute atomic E-state index is 0.0956. The van der Waals surface area contributed by atoms with Crippen LogP contribution in [0.2, 0.25) is 0 Å². The van der Waals surface area contributed by atoms with E-state index in [1.54, 1.807) is 0 Å². The molecule has 1 atom stereocenters. The number of hydrogen-bond acceptors (Lipinski definition) is 7. The van der Waals surface area contributed by atoms with Crippen LogP contribution in [0.1, 0.15) is 20.7 Å². The van der Waals surface area contributed by atoms with E-state index in [1.807, 2.05) is 0 Å². The van der Waals surface area contributed by atoms with E-state index in [4.69, 9.17) is 24.8 Å². The van der Waals surface area contributed by atoms with Crippen LogP contribution in [0.15, 0.2) is 24.3 Å². The highest BCUT2D eigenvalue weighted by atomic mass is 16.5. The highest BCUT2D eigenvalue weighted by Gasteiger charge is 2.12. The lowest BCUT2D eigenvalue weighted by Gasteiger charge is -2.08. The smallest absolute Gasteiger partial charge is 0.338 e. The molecule has 1 aromatic rings. The standard InChI is InChI=1S/C13H16O7/c14-5-6-19-12(17)9-1-3-10(4-2-9)13(18)20-8-11(16)7-15/h1-4,11,14-16H,5-8H2. The van der Waals surface area contributed by atoms with Gasteiger partial charge in [0.1, 0.15) is 19.3 Å². The second kappa shape index (κ2) is 8.26. The molecule has 0 aromatic heterocycles. The van der Waals surface area contributed by atoms with Crippen molar-refractivity contribution in [3.63, 3.8) is 0 Å². The molecule has 110 valence electrons. The summed E-state index contributed by atoms with van der Waals surface area (Å²) in [6, 6.07) is 5.53. The molecule has 0 saturated heterocycles. The average Bonchev–Trinajstić information content (AvgIpc) is 2.49. The van der Waals surface area contributed by atoms with Gasteiger partial charge in [0.05, 0.1) is 24.3 Å². The van der Waals surface area contributed by atoms with Crippen molar-refractivity contribution in [2.24, 2.45) is 0 Å². The number of ether oxygens (including phenoxy) is 2. The van der Waals surface area contributed by atoms with Gasteiger partial charge >= 0.3 is 11.9 Å². The molecule has 0 radical (unpaired) electrons. The minimum atomic E-state index is -1.12. The van der Waals surface area contributed by atoms with Crippen molar-refractivity contribution >= 4 is 11.9 Å². The van der Waals surface area contributed by atoms with Crippen molar-refractivity contribution < 1.29 is 34.4 Å². The van der Waals surface area contributed by atoms with Crippen LogP contribution in [0, 0.1) is 0 Å². The Morgan fingerprint density at radius 2 is 1.50 bits per heavy atom. The average molecular weight is 284 g/mol. The summed E-state index contributed by atoms with van der Waals surface area (Å²) in [5.74, 6) is -1.28. The van der Waals surface area contributed by atoms with Gasteiger partial charge in [0.15, 0.2) is 0 Å². The first-order valence-corrected chi connectivity index (χ1v) is 5.92. The first kappa shape index (κ1) is 16.1. The van der Waals surface area contributed by atoms with Gasteiger partial charge in [0.2, 0.25) is 0 Å².